The number of carbonyl (C=O) groups excluding carboxylic acids is 2. The molecule has 2 aliphatic heterocycles. The summed E-state index contributed by atoms with van der Waals surface area (Å²) in [6, 6.07) is 2.54. The number of aliphatic imine (C=N–C) groups is 1. The monoisotopic (exact) mass is 623 g/mol. The van der Waals surface area contributed by atoms with Crippen LogP contribution < -0.4 is 11.1 Å². The number of carbonyl (C=O) groups is 2. The lowest BCUT2D eigenvalue weighted by Gasteiger charge is -2.37. The first-order valence-electron chi connectivity index (χ1n) is 12.7. The Morgan fingerprint density at radius 1 is 1.36 bits per heavy atom. The maximum atomic E-state index is 14.0. The van der Waals surface area contributed by atoms with Gasteiger partial charge in [-0.25, -0.2) is 14.2 Å². The average Bonchev–Trinajstić information content (AvgIpc) is 3.47. The number of nitrogens with two attached hydrogens (primary N) is 1. The number of thiazole rings is 1. The average molecular weight is 625 g/mol. The summed E-state index contributed by atoms with van der Waals surface area (Å²) in [5.41, 5.74) is 7.29. The summed E-state index contributed by atoms with van der Waals surface area (Å²) in [6.07, 6.45) is 2.15. The first-order chi connectivity index (χ1) is 18.8. The van der Waals surface area contributed by atoms with Gasteiger partial charge in [0.25, 0.3) is 0 Å². The second-order valence-electron chi connectivity index (χ2n) is 8.97. The third kappa shape index (κ3) is 7.09. The Kier molecular flexibility index (Phi) is 10.2. The van der Waals surface area contributed by atoms with Crippen LogP contribution in [0.5, 0.6) is 0 Å². The number of hydrogen-bond acceptors (Lipinski definition) is 11. The third-order valence-corrected chi connectivity index (χ3v) is 7.85. The Labute approximate surface area is 238 Å². The summed E-state index contributed by atoms with van der Waals surface area (Å²) in [5, 5.41) is 5.78. The minimum absolute atomic E-state index is 0.0922. The summed E-state index contributed by atoms with van der Waals surface area (Å²) < 4.78 is 31.0. The van der Waals surface area contributed by atoms with Gasteiger partial charge >= 0.3 is 11.9 Å². The molecule has 3 heterocycles. The van der Waals surface area contributed by atoms with E-state index in [9.17, 15) is 14.0 Å². The van der Waals surface area contributed by atoms with Gasteiger partial charge in [0.1, 0.15) is 24.5 Å². The molecule has 0 radical (unpaired) electrons. The zero-order valence-electron chi connectivity index (χ0n) is 21.7. The van der Waals surface area contributed by atoms with Gasteiger partial charge in [0, 0.05) is 34.8 Å². The quantitative estimate of drug-likeness (QED) is 0.384. The number of amidine groups is 1. The van der Waals surface area contributed by atoms with Crippen molar-refractivity contribution < 1.29 is 28.2 Å². The Morgan fingerprint density at radius 3 is 2.87 bits per heavy atom. The van der Waals surface area contributed by atoms with E-state index >= 15 is 0 Å². The van der Waals surface area contributed by atoms with Crippen LogP contribution in [0.3, 0.4) is 0 Å². The summed E-state index contributed by atoms with van der Waals surface area (Å²) in [4.78, 5) is 36.9. The summed E-state index contributed by atoms with van der Waals surface area (Å²) in [7, 11) is 0. The van der Waals surface area contributed by atoms with Crippen molar-refractivity contribution in [3.05, 3.63) is 61.9 Å². The van der Waals surface area contributed by atoms with E-state index in [0.717, 1.165) is 0 Å². The van der Waals surface area contributed by atoms with Crippen molar-refractivity contribution >= 4 is 45.0 Å². The van der Waals surface area contributed by atoms with Crippen molar-refractivity contribution in [3.8, 4) is 0 Å². The maximum absolute atomic E-state index is 14.0. The van der Waals surface area contributed by atoms with Gasteiger partial charge in [-0.15, -0.1) is 11.3 Å². The molecule has 1 aromatic carbocycles. The molecule has 0 aliphatic carbocycles. The first kappa shape index (κ1) is 29.3. The summed E-state index contributed by atoms with van der Waals surface area (Å²) in [5.74, 6) is -0.934. The number of ether oxygens (including phenoxy) is 3. The molecule has 1 fully saturated rings. The number of rotatable bonds is 10. The normalized spacial score (nSPS) is 20.7. The summed E-state index contributed by atoms with van der Waals surface area (Å²) in [6.45, 7) is 5.46. The topological polar surface area (TPSA) is 128 Å². The van der Waals surface area contributed by atoms with E-state index in [1.54, 1.807) is 19.2 Å². The van der Waals surface area contributed by atoms with Crippen molar-refractivity contribution in [2.75, 3.05) is 39.5 Å². The van der Waals surface area contributed by atoms with Gasteiger partial charge in [0.2, 0.25) is 0 Å². The smallest absolute Gasteiger partial charge is 0.338 e. The van der Waals surface area contributed by atoms with Gasteiger partial charge in [-0.1, -0.05) is 28.9 Å². The van der Waals surface area contributed by atoms with Gasteiger partial charge in [-0.3, -0.25) is 14.7 Å². The fourth-order valence-electron chi connectivity index (χ4n) is 4.27. The molecule has 1 aromatic heterocycles. The molecule has 3 atom stereocenters. The van der Waals surface area contributed by atoms with Crippen molar-refractivity contribution in [3.63, 3.8) is 0 Å². The molecule has 2 aliphatic rings. The largest absolute Gasteiger partial charge is 0.463 e. The lowest BCUT2D eigenvalue weighted by molar-refractivity contribution is -0.149. The Hall–Kier alpha value is -2.71. The van der Waals surface area contributed by atoms with E-state index in [1.807, 2.05) is 12.3 Å². The summed E-state index contributed by atoms with van der Waals surface area (Å²) >= 11 is 4.84. The van der Waals surface area contributed by atoms with Crippen LogP contribution >= 0.6 is 27.3 Å². The van der Waals surface area contributed by atoms with Gasteiger partial charge < -0.3 is 25.3 Å². The van der Waals surface area contributed by atoms with Crippen molar-refractivity contribution in [2.24, 2.45) is 10.7 Å². The Balaban J connectivity index is 1.72. The second-order valence-corrected chi connectivity index (χ2v) is 10.7. The van der Waals surface area contributed by atoms with E-state index in [1.165, 1.54) is 23.5 Å². The standard InChI is InChI=1S/C26H31BrFN5O5S/c1-3-19(29)25(34)38-14-16-13-36-9-8-33(16)12-20-21(26(35)37-4-2)22(17-6-5-15(28)11-18(17)27)32-23(31-20)24-30-7-10-39-24/h5-7,10-11,16,19,22H,3-4,8-9,12-14,29H2,1-2H3,(H,31,32)/t16-,19+,22?/m1/s1. The van der Waals surface area contributed by atoms with E-state index in [2.05, 4.69) is 31.1 Å². The van der Waals surface area contributed by atoms with Crippen LogP contribution in [-0.2, 0) is 23.8 Å². The van der Waals surface area contributed by atoms with Crippen LogP contribution in [-0.4, -0.2) is 79.3 Å². The van der Waals surface area contributed by atoms with Crippen LogP contribution in [0.25, 0.3) is 0 Å². The number of nitrogens with zero attached hydrogens (tertiary/aromatic N) is 3. The number of halogens is 2. The highest BCUT2D eigenvalue weighted by atomic mass is 79.9. The van der Waals surface area contributed by atoms with E-state index < -0.39 is 29.8 Å². The first-order valence-corrected chi connectivity index (χ1v) is 14.3. The minimum atomic E-state index is -0.783. The molecule has 3 N–H and O–H groups in total. The number of hydrogen-bond donors (Lipinski definition) is 2. The number of aromatic nitrogens is 1. The third-order valence-electron chi connectivity index (χ3n) is 6.38. The number of esters is 2. The number of benzene rings is 1. The van der Waals surface area contributed by atoms with Crippen molar-refractivity contribution in [1.82, 2.24) is 15.2 Å². The fourth-order valence-corrected chi connectivity index (χ4v) is 5.43. The highest BCUT2D eigenvalue weighted by Gasteiger charge is 2.36. The zero-order chi connectivity index (χ0) is 27.9. The highest BCUT2D eigenvalue weighted by molar-refractivity contribution is 9.10. The molecule has 0 spiro atoms. The fraction of sp³-hybridized carbons (Fsp3) is 0.462. The van der Waals surface area contributed by atoms with Crippen LogP contribution in [0.15, 0.2) is 50.5 Å². The molecule has 210 valence electrons. The van der Waals surface area contributed by atoms with Gasteiger partial charge in [0.05, 0.1) is 31.4 Å². The van der Waals surface area contributed by atoms with Crippen molar-refractivity contribution in [1.29, 1.82) is 0 Å². The molecule has 39 heavy (non-hydrogen) atoms. The van der Waals surface area contributed by atoms with E-state index in [0.29, 0.717) is 64.9 Å². The van der Waals surface area contributed by atoms with Crippen LogP contribution in [0.1, 0.15) is 36.9 Å². The number of nitrogens with one attached hydrogen (secondary N) is 1. The predicted molar refractivity (Wildman–Crippen MR) is 148 cm³/mol. The lowest BCUT2D eigenvalue weighted by atomic mass is 9.95. The SMILES string of the molecule is CCOC(=O)C1=C(CN2CCOC[C@@H]2COC(=O)[C@@H](N)CC)NC(c2nccs2)=NC1c1ccc(F)cc1Br. The Morgan fingerprint density at radius 2 is 2.18 bits per heavy atom. The van der Waals surface area contributed by atoms with Crippen LogP contribution in [0.4, 0.5) is 4.39 Å². The van der Waals surface area contributed by atoms with Crippen molar-refractivity contribution in [2.45, 2.75) is 38.4 Å². The predicted octanol–water partition coefficient (Wildman–Crippen LogP) is 2.93. The second kappa shape index (κ2) is 13.6. The van der Waals surface area contributed by atoms with Crippen LogP contribution in [0.2, 0.25) is 0 Å². The maximum Gasteiger partial charge on any atom is 0.338 e. The van der Waals surface area contributed by atoms with Crippen LogP contribution in [0, 0.1) is 5.82 Å². The zero-order valence-corrected chi connectivity index (χ0v) is 24.1. The molecular weight excluding hydrogens is 593 g/mol. The molecular formula is C26H31BrFN5O5S. The molecule has 0 amide bonds. The highest BCUT2D eigenvalue weighted by Crippen LogP contribution is 2.37. The molecule has 2 aromatic rings. The Bertz CT molecular complexity index is 1240. The lowest BCUT2D eigenvalue weighted by Crippen LogP contribution is -2.51. The molecule has 13 heteroatoms. The molecule has 1 saturated heterocycles. The van der Waals surface area contributed by atoms with Gasteiger partial charge in [0.15, 0.2) is 10.8 Å². The molecule has 10 nitrogen and oxygen atoms in total. The molecule has 0 bridgehead atoms. The van der Waals surface area contributed by atoms with E-state index in [4.69, 9.17) is 24.9 Å². The molecule has 1 unspecified atom stereocenters. The van der Waals surface area contributed by atoms with Gasteiger partial charge in [-0.2, -0.15) is 0 Å². The molecule has 0 saturated carbocycles. The van der Waals surface area contributed by atoms with Gasteiger partial charge in [-0.05, 0) is 31.0 Å². The van der Waals surface area contributed by atoms with E-state index in [-0.39, 0.29) is 19.3 Å². The molecule has 4 rings (SSSR count). The number of morpholine rings is 1. The minimum Gasteiger partial charge on any atom is -0.463 e.